The van der Waals surface area contributed by atoms with E-state index in [1.165, 1.54) is 6.92 Å². The van der Waals surface area contributed by atoms with Crippen LogP contribution in [-0.4, -0.2) is 40.2 Å². The summed E-state index contributed by atoms with van der Waals surface area (Å²) in [6.07, 6.45) is -3.76. The summed E-state index contributed by atoms with van der Waals surface area (Å²) in [5.41, 5.74) is 4.08. The van der Waals surface area contributed by atoms with Gasteiger partial charge in [-0.15, -0.1) is 0 Å². The second-order valence-corrected chi connectivity index (χ2v) is 4.25. The Labute approximate surface area is 119 Å². The first kappa shape index (κ1) is 16.5. The number of aliphatic hydroxyl groups excluding tert-OH is 2. The van der Waals surface area contributed by atoms with E-state index in [4.69, 9.17) is 5.73 Å². The molecular weight excluding hydrogens is 284 g/mol. The van der Waals surface area contributed by atoms with Gasteiger partial charge in [0.1, 0.15) is 6.10 Å². The van der Waals surface area contributed by atoms with Crippen LogP contribution >= 0.6 is 0 Å². The van der Waals surface area contributed by atoms with E-state index in [-0.39, 0.29) is 16.7 Å². The third-order valence-electron chi connectivity index (χ3n) is 2.94. The molecule has 114 valence electrons. The zero-order chi connectivity index (χ0) is 16.3. The first-order valence-corrected chi connectivity index (χ1v) is 5.73. The molecule has 4 N–H and O–H groups in total. The second kappa shape index (κ2) is 6.29. The second-order valence-electron chi connectivity index (χ2n) is 4.25. The number of nitro benzene ring substituents is 1. The number of benzene rings is 1. The minimum absolute atomic E-state index is 0.0383. The van der Waals surface area contributed by atoms with Crippen molar-refractivity contribution in [1.29, 1.82) is 0 Å². The molecule has 0 aliphatic rings. The molecule has 0 spiro atoms. The zero-order valence-electron chi connectivity index (χ0n) is 11.3. The third-order valence-corrected chi connectivity index (χ3v) is 2.94. The fourth-order valence-corrected chi connectivity index (χ4v) is 1.74. The average molecular weight is 298 g/mol. The van der Waals surface area contributed by atoms with Crippen molar-refractivity contribution in [3.63, 3.8) is 0 Å². The quantitative estimate of drug-likeness (QED) is 0.378. The van der Waals surface area contributed by atoms with Gasteiger partial charge in [0, 0.05) is 11.6 Å². The summed E-state index contributed by atoms with van der Waals surface area (Å²) in [6.45, 7) is 1.34. The lowest BCUT2D eigenvalue weighted by atomic mass is 9.97. The molecule has 1 aromatic rings. The molecule has 1 rings (SSSR count). The number of amides is 1. The number of nitrogens with two attached hydrogens (primary N) is 1. The summed E-state index contributed by atoms with van der Waals surface area (Å²) in [7, 11) is 1.09. The van der Waals surface area contributed by atoms with E-state index >= 15 is 0 Å². The molecule has 0 aliphatic carbocycles. The van der Waals surface area contributed by atoms with Gasteiger partial charge in [0.2, 0.25) is 5.91 Å². The Hall–Kier alpha value is -2.52. The van der Waals surface area contributed by atoms with Gasteiger partial charge < -0.3 is 20.7 Å². The highest BCUT2D eigenvalue weighted by molar-refractivity contribution is 5.92. The number of hydrogen-bond donors (Lipinski definition) is 3. The first-order chi connectivity index (χ1) is 9.70. The van der Waals surface area contributed by atoms with Gasteiger partial charge >= 0.3 is 5.97 Å². The number of aliphatic hydroxyl groups is 2. The molecule has 1 aromatic carbocycles. The van der Waals surface area contributed by atoms with Crippen LogP contribution < -0.4 is 5.73 Å². The number of carbonyl (C=O) groups is 2. The Morgan fingerprint density at radius 1 is 1.38 bits per heavy atom. The maximum atomic E-state index is 11.6. The van der Waals surface area contributed by atoms with E-state index in [1.54, 1.807) is 0 Å². The maximum absolute atomic E-state index is 11.6. The van der Waals surface area contributed by atoms with Crippen molar-refractivity contribution >= 4 is 17.6 Å². The molecule has 2 unspecified atom stereocenters. The molecule has 21 heavy (non-hydrogen) atoms. The lowest BCUT2D eigenvalue weighted by molar-refractivity contribution is -0.385. The largest absolute Gasteiger partial charge is 0.465 e. The van der Waals surface area contributed by atoms with E-state index in [1.807, 2.05) is 0 Å². The number of esters is 1. The Kier molecular flexibility index (Phi) is 4.95. The Morgan fingerprint density at radius 3 is 2.38 bits per heavy atom. The molecule has 0 saturated heterocycles. The predicted octanol–water partition coefficient (Wildman–Crippen LogP) is -0.431. The Balaban J connectivity index is 3.47. The lowest BCUT2D eigenvalue weighted by Gasteiger charge is -2.16. The van der Waals surface area contributed by atoms with Crippen LogP contribution in [0.25, 0.3) is 0 Å². The van der Waals surface area contributed by atoms with Crippen molar-refractivity contribution in [2.75, 3.05) is 7.11 Å². The standard InChI is InChI=1S/C12H14N2O7/c1-5-7(12(18)21-2)3-6(4-8(5)14(19)20)9(15)10(16)11(13)17/h3-4,9-10,15-16H,1-2H3,(H2,13,17). The maximum Gasteiger partial charge on any atom is 0.338 e. The average Bonchev–Trinajstić information content (AvgIpc) is 2.44. The molecule has 0 aliphatic heterocycles. The minimum Gasteiger partial charge on any atom is -0.465 e. The summed E-state index contributed by atoms with van der Waals surface area (Å²) < 4.78 is 4.50. The van der Waals surface area contributed by atoms with Crippen molar-refractivity contribution < 1.29 is 29.5 Å². The molecule has 9 nitrogen and oxygen atoms in total. The molecule has 9 heteroatoms. The number of nitro groups is 1. The van der Waals surface area contributed by atoms with Crippen molar-refractivity contribution in [1.82, 2.24) is 0 Å². The van der Waals surface area contributed by atoms with Gasteiger partial charge in [0.25, 0.3) is 5.69 Å². The Bertz CT molecular complexity index is 600. The Morgan fingerprint density at radius 2 is 1.95 bits per heavy atom. The molecule has 0 heterocycles. The van der Waals surface area contributed by atoms with E-state index in [9.17, 15) is 29.9 Å². The fourth-order valence-electron chi connectivity index (χ4n) is 1.74. The normalized spacial score (nSPS) is 13.3. The summed E-state index contributed by atoms with van der Waals surface area (Å²) in [6, 6.07) is 2.06. The highest BCUT2D eigenvalue weighted by Gasteiger charge is 2.28. The van der Waals surface area contributed by atoms with Crippen molar-refractivity contribution in [2.45, 2.75) is 19.1 Å². The molecule has 1 amide bonds. The number of nitrogens with zero attached hydrogens (tertiary/aromatic N) is 1. The summed E-state index contributed by atoms with van der Waals surface area (Å²) in [4.78, 5) is 32.7. The van der Waals surface area contributed by atoms with Crippen LogP contribution in [-0.2, 0) is 9.53 Å². The number of ether oxygens (including phenoxy) is 1. The van der Waals surface area contributed by atoms with Gasteiger partial charge in [-0.2, -0.15) is 0 Å². The van der Waals surface area contributed by atoms with Crippen LogP contribution in [0.4, 0.5) is 5.69 Å². The summed E-state index contributed by atoms with van der Waals surface area (Å²) >= 11 is 0. The highest BCUT2D eigenvalue weighted by Crippen LogP contribution is 2.29. The van der Waals surface area contributed by atoms with Gasteiger partial charge in [-0.05, 0) is 18.6 Å². The van der Waals surface area contributed by atoms with Gasteiger partial charge in [-0.25, -0.2) is 4.79 Å². The first-order valence-electron chi connectivity index (χ1n) is 5.73. The zero-order valence-corrected chi connectivity index (χ0v) is 11.3. The lowest BCUT2D eigenvalue weighted by Crippen LogP contribution is -2.34. The molecule has 0 saturated carbocycles. The van der Waals surface area contributed by atoms with Crippen LogP contribution in [0, 0.1) is 17.0 Å². The van der Waals surface area contributed by atoms with Crippen molar-refractivity contribution in [3.05, 3.63) is 38.9 Å². The van der Waals surface area contributed by atoms with Crippen molar-refractivity contribution in [3.8, 4) is 0 Å². The van der Waals surface area contributed by atoms with Crippen LogP contribution in [0.2, 0.25) is 0 Å². The van der Waals surface area contributed by atoms with E-state index in [0.717, 1.165) is 19.2 Å². The van der Waals surface area contributed by atoms with Gasteiger partial charge in [-0.1, -0.05) is 0 Å². The molecule has 0 radical (unpaired) electrons. The number of methoxy groups -OCH3 is 1. The fraction of sp³-hybridized carbons (Fsp3) is 0.333. The SMILES string of the molecule is COC(=O)c1cc(C(O)C(O)C(N)=O)cc([N+](=O)[O-])c1C. The number of hydrogen-bond acceptors (Lipinski definition) is 7. The molecule has 0 aromatic heterocycles. The monoisotopic (exact) mass is 298 g/mol. The molecule has 0 bridgehead atoms. The smallest absolute Gasteiger partial charge is 0.338 e. The minimum atomic E-state index is -1.96. The van der Waals surface area contributed by atoms with E-state index in [0.29, 0.717) is 0 Å². The van der Waals surface area contributed by atoms with Crippen LogP contribution in [0.3, 0.4) is 0 Å². The number of carbonyl (C=O) groups excluding carboxylic acids is 2. The van der Waals surface area contributed by atoms with Crippen LogP contribution in [0.1, 0.15) is 27.6 Å². The number of primary amides is 1. The van der Waals surface area contributed by atoms with E-state index in [2.05, 4.69) is 4.74 Å². The van der Waals surface area contributed by atoms with E-state index < -0.39 is 34.7 Å². The summed E-state index contributed by atoms with van der Waals surface area (Å²) in [5, 5.41) is 30.2. The van der Waals surface area contributed by atoms with Crippen molar-refractivity contribution in [2.24, 2.45) is 5.73 Å². The third kappa shape index (κ3) is 3.33. The summed E-state index contributed by atoms with van der Waals surface area (Å²) in [5.74, 6) is -2.05. The molecule has 0 fully saturated rings. The van der Waals surface area contributed by atoms with Crippen LogP contribution in [0.15, 0.2) is 12.1 Å². The highest BCUT2D eigenvalue weighted by atomic mass is 16.6. The molecule has 2 atom stereocenters. The van der Waals surface area contributed by atoms with Gasteiger partial charge in [-0.3, -0.25) is 14.9 Å². The molecular formula is C12H14N2O7. The number of rotatable bonds is 5. The topological polar surface area (TPSA) is 153 Å². The van der Waals surface area contributed by atoms with Gasteiger partial charge in [0.05, 0.1) is 17.6 Å². The van der Waals surface area contributed by atoms with Crippen LogP contribution in [0.5, 0.6) is 0 Å². The predicted molar refractivity (Wildman–Crippen MR) is 69.3 cm³/mol. The van der Waals surface area contributed by atoms with Gasteiger partial charge in [0.15, 0.2) is 6.10 Å².